The third-order valence-electron chi connectivity index (χ3n) is 2.52. The van der Waals surface area contributed by atoms with Gasteiger partial charge in [-0.1, -0.05) is 11.6 Å². The Morgan fingerprint density at radius 1 is 1.67 bits per heavy atom. The third-order valence-corrected chi connectivity index (χ3v) is 2.85. The van der Waals surface area contributed by atoms with Crippen molar-refractivity contribution in [2.24, 2.45) is 0 Å². The largest absolute Gasteiger partial charge is 0.480 e. The first-order valence-corrected chi connectivity index (χ1v) is 4.74. The number of aromatic nitrogens is 2. The van der Waals surface area contributed by atoms with E-state index in [-0.39, 0.29) is 18.4 Å². The molecule has 5 nitrogen and oxygen atoms in total. The Labute approximate surface area is 91.1 Å². The van der Waals surface area contributed by atoms with Crippen molar-refractivity contribution < 1.29 is 14.6 Å². The van der Waals surface area contributed by atoms with Crippen molar-refractivity contribution in [3.05, 3.63) is 22.7 Å². The van der Waals surface area contributed by atoms with Crippen molar-refractivity contribution in [3.63, 3.8) is 0 Å². The molecule has 0 saturated carbocycles. The number of fused-ring (bicyclic) bond motifs is 1. The highest BCUT2D eigenvalue weighted by Crippen LogP contribution is 2.33. The fourth-order valence-electron chi connectivity index (χ4n) is 1.58. The number of aliphatic carboxylic acids is 1. The van der Waals surface area contributed by atoms with Gasteiger partial charge < -0.3 is 9.84 Å². The summed E-state index contributed by atoms with van der Waals surface area (Å²) in [5.41, 5.74) is -0.128. The normalized spacial score (nSPS) is 24.7. The highest BCUT2D eigenvalue weighted by molar-refractivity contribution is 6.30. The summed E-state index contributed by atoms with van der Waals surface area (Å²) in [5, 5.41) is 9.41. The molecule has 2 heterocycles. The maximum atomic E-state index is 11.2. The van der Waals surface area contributed by atoms with Gasteiger partial charge in [0.1, 0.15) is 16.9 Å². The second-order valence-corrected chi connectivity index (χ2v) is 3.98. The van der Waals surface area contributed by atoms with Crippen molar-refractivity contribution in [3.8, 4) is 0 Å². The first-order valence-electron chi connectivity index (χ1n) is 4.36. The summed E-state index contributed by atoms with van der Waals surface area (Å²) in [6.45, 7) is 1.93. The molecule has 0 fully saturated rings. The van der Waals surface area contributed by atoms with Crippen LogP contribution in [-0.4, -0.2) is 27.7 Å². The van der Waals surface area contributed by atoms with Crippen LogP contribution in [0, 0.1) is 0 Å². The summed E-state index contributed by atoms with van der Waals surface area (Å²) in [5.74, 6) is -0.974. The molecule has 1 aromatic heterocycles. The lowest BCUT2D eigenvalue weighted by atomic mass is 9.84. The minimum absolute atomic E-state index is 0.0999. The van der Waals surface area contributed by atoms with Crippen LogP contribution in [0.15, 0.2) is 6.33 Å². The third kappa shape index (κ3) is 1.48. The molecule has 0 aromatic carbocycles. The van der Waals surface area contributed by atoms with Crippen LogP contribution in [0.5, 0.6) is 0 Å². The molecule has 1 N–H and O–H groups in total. The predicted molar refractivity (Wildman–Crippen MR) is 51.7 cm³/mol. The number of carboxylic acids is 1. The number of hydrogen-bond acceptors (Lipinski definition) is 4. The Balaban J connectivity index is 2.61. The van der Waals surface area contributed by atoms with E-state index in [9.17, 15) is 4.79 Å². The van der Waals surface area contributed by atoms with Gasteiger partial charge in [0.25, 0.3) is 0 Å². The average Bonchev–Trinajstić information content (AvgIpc) is 2.20. The van der Waals surface area contributed by atoms with Gasteiger partial charge in [0, 0.05) is 5.56 Å². The molecule has 80 valence electrons. The van der Waals surface area contributed by atoms with E-state index in [0.29, 0.717) is 11.3 Å². The molecule has 1 aromatic rings. The van der Waals surface area contributed by atoms with Crippen molar-refractivity contribution in [2.45, 2.75) is 18.9 Å². The lowest BCUT2D eigenvalue weighted by Crippen LogP contribution is -2.42. The van der Waals surface area contributed by atoms with Gasteiger partial charge in [-0.05, 0) is 6.92 Å². The lowest BCUT2D eigenvalue weighted by molar-refractivity contribution is -0.147. The fourth-order valence-corrected chi connectivity index (χ4v) is 1.77. The van der Waals surface area contributed by atoms with Gasteiger partial charge in [-0.15, -0.1) is 0 Å². The number of carbonyl (C=O) groups is 1. The molecular weight excluding hydrogens is 220 g/mol. The molecule has 1 aliphatic heterocycles. The number of halogens is 1. The summed E-state index contributed by atoms with van der Waals surface area (Å²) in [4.78, 5) is 19.0. The summed E-state index contributed by atoms with van der Waals surface area (Å²) in [6.07, 6.45) is 1.27. The molecule has 2 rings (SSSR count). The number of nitrogens with zero attached hydrogens (tertiary/aromatic N) is 2. The first-order chi connectivity index (χ1) is 7.05. The van der Waals surface area contributed by atoms with Crippen LogP contribution < -0.4 is 0 Å². The van der Waals surface area contributed by atoms with E-state index in [1.54, 1.807) is 6.92 Å². The Kier molecular flexibility index (Phi) is 2.36. The topological polar surface area (TPSA) is 72.3 Å². The molecule has 0 spiro atoms. The lowest BCUT2D eigenvalue weighted by Gasteiger charge is -2.30. The van der Waals surface area contributed by atoms with Gasteiger partial charge in [-0.2, -0.15) is 0 Å². The van der Waals surface area contributed by atoms with Crippen molar-refractivity contribution in [1.29, 1.82) is 0 Å². The van der Waals surface area contributed by atoms with Crippen molar-refractivity contribution in [2.75, 3.05) is 6.61 Å². The number of rotatable bonds is 1. The van der Waals surface area contributed by atoms with E-state index in [2.05, 4.69) is 9.97 Å². The van der Waals surface area contributed by atoms with Crippen LogP contribution in [0.2, 0.25) is 5.15 Å². The number of ether oxygens (including phenoxy) is 1. The van der Waals surface area contributed by atoms with Crippen LogP contribution in [0.25, 0.3) is 0 Å². The Morgan fingerprint density at radius 3 is 3.07 bits per heavy atom. The maximum Gasteiger partial charge on any atom is 0.317 e. The Bertz CT molecular complexity index is 424. The minimum atomic E-state index is -1.14. The Hall–Kier alpha value is -1.20. The van der Waals surface area contributed by atoms with Crippen LogP contribution in [0.4, 0.5) is 0 Å². The second-order valence-electron chi connectivity index (χ2n) is 3.62. The average molecular weight is 229 g/mol. The van der Waals surface area contributed by atoms with E-state index >= 15 is 0 Å². The zero-order chi connectivity index (χ0) is 11.1. The molecule has 0 radical (unpaired) electrons. The second kappa shape index (κ2) is 3.43. The summed E-state index contributed by atoms with van der Waals surface area (Å²) >= 11 is 5.85. The van der Waals surface area contributed by atoms with Gasteiger partial charge in [0.15, 0.2) is 0 Å². The summed E-state index contributed by atoms with van der Waals surface area (Å²) in [7, 11) is 0. The summed E-state index contributed by atoms with van der Waals surface area (Å²) < 4.78 is 5.21. The van der Waals surface area contributed by atoms with Gasteiger partial charge in [-0.25, -0.2) is 9.97 Å². The first kappa shape index (κ1) is 10.3. The Morgan fingerprint density at radius 2 is 2.40 bits per heavy atom. The van der Waals surface area contributed by atoms with E-state index in [0.717, 1.165) is 0 Å². The van der Waals surface area contributed by atoms with Gasteiger partial charge in [-0.3, -0.25) is 4.79 Å². The van der Waals surface area contributed by atoms with Gasteiger partial charge >= 0.3 is 5.97 Å². The van der Waals surface area contributed by atoms with E-state index in [1.165, 1.54) is 6.33 Å². The molecule has 15 heavy (non-hydrogen) atoms. The molecule has 6 heteroatoms. The maximum absolute atomic E-state index is 11.2. The quantitative estimate of drug-likeness (QED) is 0.726. The minimum Gasteiger partial charge on any atom is -0.480 e. The van der Waals surface area contributed by atoms with E-state index < -0.39 is 11.4 Å². The monoisotopic (exact) mass is 228 g/mol. The molecule has 0 saturated heterocycles. The van der Waals surface area contributed by atoms with Crippen LogP contribution in [0.1, 0.15) is 18.2 Å². The molecule has 0 aliphatic carbocycles. The molecule has 0 bridgehead atoms. The SMILES string of the molecule is CC1(C(=O)O)COCc2c(Cl)ncnc21. The zero-order valence-corrected chi connectivity index (χ0v) is 8.78. The van der Waals surface area contributed by atoms with Crippen LogP contribution in [0.3, 0.4) is 0 Å². The standard InChI is InChI=1S/C9H9ClN2O3/c1-9(8(13)14)3-15-2-5-6(9)11-4-12-7(5)10/h4H,2-3H2,1H3,(H,13,14). The number of hydrogen-bond donors (Lipinski definition) is 1. The van der Waals surface area contributed by atoms with Crippen molar-refractivity contribution >= 4 is 17.6 Å². The van der Waals surface area contributed by atoms with E-state index in [1.807, 2.05) is 0 Å². The highest BCUT2D eigenvalue weighted by atomic mass is 35.5. The predicted octanol–water partition coefficient (Wildman–Crippen LogP) is 1.00. The number of carboxylic acid groups (broad SMARTS) is 1. The van der Waals surface area contributed by atoms with Crippen molar-refractivity contribution in [1.82, 2.24) is 9.97 Å². The van der Waals surface area contributed by atoms with Gasteiger partial charge in [0.2, 0.25) is 0 Å². The molecule has 1 aliphatic rings. The van der Waals surface area contributed by atoms with E-state index in [4.69, 9.17) is 21.4 Å². The molecular formula is C9H9ClN2O3. The molecule has 1 unspecified atom stereocenters. The van der Waals surface area contributed by atoms with Crippen LogP contribution in [-0.2, 0) is 21.6 Å². The fraction of sp³-hybridized carbons (Fsp3) is 0.444. The van der Waals surface area contributed by atoms with Gasteiger partial charge in [0.05, 0.1) is 18.9 Å². The highest BCUT2D eigenvalue weighted by Gasteiger charge is 2.42. The summed E-state index contributed by atoms with van der Waals surface area (Å²) in [6, 6.07) is 0. The molecule has 1 atom stereocenters. The van der Waals surface area contributed by atoms with Crippen LogP contribution >= 0.6 is 11.6 Å². The zero-order valence-electron chi connectivity index (χ0n) is 8.03. The smallest absolute Gasteiger partial charge is 0.317 e. The molecule has 0 amide bonds.